The molecule has 0 unspecified atom stereocenters. The third kappa shape index (κ3) is 4.63. The number of amides is 1. The lowest BCUT2D eigenvalue weighted by Crippen LogP contribution is -2.35. The van der Waals surface area contributed by atoms with Crippen molar-refractivity contribution in [2.24, 2.45) is 0 Å². The highest BCUT2D eigenvalue weighted by Crippen LogP contribution is 2.25. The summed E-state index contributed by atoms with van der Waals surface area (Å²) in [6, 6.07) is 4.28. The van der Waals surface area contributed by atoms with Gasteiger partial charge < -0.3 is 5.32 Å². The van der Waals surface area contributed by atoms with Crippen molar-refractivity contribution in [2.45, 2.75) is 25.8 Å². The molecule has 0 aromatic heterocycles. The molecule has 0 bridgehead atoms. The highest BCUT2D eigenvalue weighted by molar-refractivity contribution is 5.91. The molecule has 21 heavy (non-hydrogen) atoms. The Morgan fingerprint density at radius 3 is 2.62 bits per heavy atom. The van der Waals surface area contributed by atoms with Crippen LogP contribution < -0.4 is 5.32 Å². The normalized spacial score (nSPS) is 14.9. The Kier molecular flexibility index (Phi) is 5.44. The molecule has 114 valence electrons. The van der Waals surface area contributed by atoms with E-state index >= 15 is 0 Å². The van der Waals surface area contributed by atoms with E-state index in [1.54, 1.807) is 0 Å². The maximum absolute atomic E-state index is 13.4. The molecule has 5 heteroatoms. The van der Waals surface area contributed by atoms with E-state index in [-0.39, 0.29) is 11.5 Å². The molecule has 0 saturated heterocycles. The van der Waals surface area contributed by atoms with Gasteiger partial charge in [-0.2, -0.15) is 0 Å². The van der Waals surface area contributed by atoms with E-state index in [9.17, 15) is 13.6 Å². The molecule has 0 spiro atoms. The third-order valence-electron chi connectivity index (χ3n) is 3.57. The van der Waals surface area contributed by atoms with Gasteiger partial charge in [0.1, 0.15) is 11.6 Å². The van der Waals surface area contributed by atoms with E-state index < -0.39 is 11.6 Å². The van der Waals surface area contributed by atoms with Gasteiger partial charge in [0.15, 0.2) is 0 Å². The first-order chi connectivity index (χ1) is 10.1. The maximum Gasteiger partial charge on any atom is 0.244 e. The zero-order chi connectivity index (χ0) is 15.2. The second-order valence-electron chi connectivity index (χ2n) is 5.12. The van der Waals surface area contributed by atoms with Gasteiger partial charge in [0.05, 0.1) is 0 Å². The summed E-state index contributed by atoms with van der Waals surface area (Å²) >= 11 is 0. The number of carbonyl (C=O) groups excluding carboxylic acids is 1. The lowest BCUT2D eigenvalue weighted by atomic mass is 10.2. The molecule has 2 rings (SSSR count). The first-order valence-corrected chi connectivity index (χ1v) is 7.25. The minimum Gasteiger partial charge on any atom is -0.351 e. The van der Waals surface area contributed by atoms with Gasteiger partial charge in [0, 0.05) is 30.8 Å². The van der Waals surface area contributed by atoms with Crippen LogP contribution in [0.5, 0.6) is 0 Å². The predicted octanol–water partition coefficient (Wildman–Crippen LogP) is 2.58. The van der Waals surface area contributed by atoms with Crippen molar-refractivity contribution in [1.29, 1.82) is 0 Å². The van der Waals surface area contributed by atoms with Crippen LogP contribution in [0.1, 0.15) is 25.3 Å². The van der Waals surface area contributed by atoms with Crippen LogP contribution in [0.3, 0.4) is 0 Å². The van der Waals surface area contributed by atoms with E-state index in [0.717, 1.165) is 31.3 Å². The van der Waals surface area contributed by atoms with E-state index in [0.29, 0.717) is 12.6 Å². The Hall–Kier alpha value is -1.75. The minimum absolute atomic E-state index is 0.194. The van der Waals surface area contributed by atoms with Crippen molar-refractivity contribution >= 4 is 12.0 Å². The van der Waals surface area contributed by atoms with Crippen molar-refractivity contribution in [3.63, 3.8) is 0 Å². The third-order valence-corrected chi connectivity index (χ3v) is 3.57. The van der Waals surface area contributed by atoms with Crippen molar-refractivity contribution in [2.75, 3.05) is 19.6 Å². The SMILES string of the molecule is CCN(CCNC(=O)C=Cc1c(F)cccc1F)C1CC1. The topological polar surface area (TPSA) is 32.3 Å². The molecule has 1 amide bonds. The Morgan fingerprint density at radius 1 is 1.38 bits per heavy atom. The van der Waals surface area contributed by atoms with Gasteiger partial charge in [-0.15, -0.1) is 0 Å². The summed E-state index contributed by atoms with van der Waals surface area (Å²) in [5.74, 6) is -1.70. The summed E-state index contributed by atoms with van der Waals surface area (Å²) in [6.45, 7) is 4.40. The summed E-state index contributed by atoms with van der Waals surface area (Å²) in [7, 11) is 0. The summed E-state index contributed by atoms with van der Waals surface area (Å²) in [5.41, 5.74) is -0.194. The largest absolute Gasteiger partial charge is 0.351 e. The molecule has 1 aromatic rings. The van der Waals surface area contributed by atoms with Crippen LogP contribution in [0.25, 0.3) is 6.08 Å². The highest BCUT2D eigenvalue weighted by atomic mass is 19.1. The fraction of sp³-hybridized carbons (Fsp3) is 0.438. The summed E-state index contributed by atoms with van der Waals surface area (Å²) in [4.78, 5) is 14.0. The quantitative estimate of drug-likeness (QED) is 0.784. The zero-order valence-electron chi connectivity index (χ0n) is 12.1. The first-order valence-electron chi connectivity index (χ1n) is 7.25. The summed E-state index contributed by atoms with van der Waals surface area (Å²) < 4.78 is 26.7. The van der Waals surface area contributed by atoms with Crippen LogP contribution in [0.15, 0.2) is 24.3 Å². The average molecular weight is 294 g/mol. The van der Waals surface area contributed by atoms with Gasteiger partial charge >= 0.3 is 0 Å². The lowest BCUT2D eigenvalue weighted by Gasteiger charge is -2.19. The van der Waals surface area contributed by atoms with Gasteiger partial charge in [-0.25, -0.2) is 8.78 Å². The second kappa shape index (κ2) is 7.31. The van der Waals surface area contributed by atoms with Crippen molar-refractivity contribution in [3.8, 4) is 0 Å². The molecule has 1 aliphatic carbocycles. The number of nitrogens with zero attached hydrogens (tertiary/aromatic N) is 1. The summed E-state index contributed by atoms with van der Waals surface area (Å²) in [5, 5.41) is 2.73. The molecule has 0 radical (unpaired) electrons. The van der Waals surface area contributed by atoms with Crippen LogP contribution in [0, 0.1) is 11.6 Å². The van der Waals surface area contributed by atoms with Crippen molar-refractivity contribution in [3.05, 3.63) is 41.5 Å². The van der Waals surface area contributed by atoms with Gasteiger partial charge in [-0.05, 0) is 37.6 Å². The van der Waals surface area contributed by atoms with Gasteiger partial charge in [0.2, 0.25) is 5.91 Å². The number of benzene rings is 1. The predicted molar refractivity (Wildman–Crippen MR) is 78.7 cm³/mol. The Balaban J connectivity index is 1.80. The van der Waals surface area contributed by atoms with Crippen LogP contribution in [-0.4, -0.2) is 36.5 Å². The van der Waals surface area contributed by atoms with Crippen LogP contribution in [0.2, 0.25) is 0 Å². The van der Waals surface area contributed by atoms with Gasteiger partial charge in [-0.1, -0.05) is 13.0 Å². The van der Waals surface area contributed by atoms with Crippen LogP contribution >= 0.6 is 0 Å². The van der Waals surface area contributed by atoms with Gasteiger partial charge in [0.25, 0.3) is 0 Å². The molecule has 0 aliphatic heterocycles. The Bertz CT molecular complexity index is 507. The number of rotatable bonds is 7. The molecular formula is C16H20F2N2O. The smallest absolute Gasteiger partial charge is 0.244 e. The van der Waals surface area contributed by atoms with Crippen LogP contribution in [-0.2, 0) is 4.79 Å². The zero-order valence-corrected chi connectivity index (χ0v) is 12.1. The number of hydrogen-bond donors (Lipinski definition) is 1. The molecule has 1 fully saturated rings. The molecule has 0 atom stereocenters. The molecule has 0 heterocycles. The second-order valence-corrected chi connectivity index (χ2v) is 5.12. The molecule has 1 aliphatic rings. The maximum atomic E-state index is 13.4. The van der Waals surface area contributed by atoms with E-state index in [2.05, 4.69) is 17.1 Å². The molecule has 1 saturated carbocycles. The number of carbonyl (C=O) groups is 1. The van der Waals surface area contributed by atoms with Crippen LogP contribution in [0.4, 0.5) is 8.78 Å². The van der Waals surface area contributed by atoms with Crippen molar-refractivity contribution < 1.29 is 13.6 Å². The Labute approximate surface area is 123 Å². The summed E-state index contributed by atoms with van der Waals surface area (Å²) in [6.07, 6.45) is 4.79. The number of nitrogens with one attached hydrogen (secondary N) is 1. The number of hydrogen-bond acceptors (Lipinski definition) is 2. The van der Waals surface area contributed by atoms with E-state index in [1.807, 2.05) is 0 Å². The average Bonchev–Trinajstić information content (AvgIpc) is 3.27. The first kappa shape index (κ1) is 15.6. The molecule has 3 nitrogen and oxygen atoms in total. The van der Waals surface area contributed by atoms with Gasteiger partial charge in [-0.3, -0.25) is 9.69 Å². The molecule has 1 aromatic carbocycles. The standard InChI is InChI=1S/C16H20F2N2O/c1-2-20(12-6-7-12)11-10-19-16(21)9-8-13-14(17)4-3-5-15(13)18/h3-5,8-9,12H,2,6-7,10-11H2,1H3,(H,19,21). The monoisotopic (exact) mass is 294 g/mol. The number of likely N-dealkylation sites (N-methyl/N-ethyl adjacent to an activating group) is 1. The highest BCUT2D eigenvalue weighted by Gasteiger charge is 2.27. The lowest BCUT2D eigenvalue weighted by molar-refractivity contribution is -0.116. The fourth-order valence-corrected chi connectivity index (χ4v) is 2.25. The van der Waals surface area contributed by atoms with E-state index in [1.165, 1.54) is 25.0 Å². The fourth-order valence-electron chi connectivity index (χ4n) is 2.25. The minimum atomic E-state index is -0.676. The molecule has 1 N–H and O–H groups in total. The molecular weight excluding hydrogens is 274 g/mol. The number of halogens is 2. The Morgan fingerprint density at radius 2 is 2.05 bits per heavy atom. The van der Waals surface area contributed by atoms with E-state index in [4.69, 9.17) is 0 Å². The van der Waals surface area contributed by atoms with Crippen molar-refractivity contribution in [1.82, 2.24) is 10.2 Å².